The van der Waals surface area contributed by atoms with Crippen molar-refractivity contribution >= 4 is 5.91 Å². The number of carbonyl (C=O) groups is 1. The third-order valence-electron chi connectivity index (χ3n) is 3.05. The minimum absolute atomic E-state index is 0.0791. The molecule has 18 heavy (non-hydrogen) atoms. The summed E-state index contributed by atoms with van der Waals surface area (Å²) in [5.74, 6) is 1.22. The highest BCUT2D eigenvalue weighted by Gasteiger charge is 2.28. The molecule has 0 bridgehead atoms. The van der Waals surface area contributed by atoms with Gasteiger partial charge >= 0.3 is 0 Å². The van der Waals surface area contributed by atoms with Gasteiger partial charge in [0.05, 0.1) is 25.9 Å². The van der Waals surface area contributed by atoms with Crippen LogP contribution < -0.4 is 5.32 Å². The molecule has 1 amide bonds. The lowest BCUT2D eigenvalue weighted by Gasteiger charge is -2.22. The molecule has 2 N–H and O–H groups in total. The molecule has 1 aromatic rings. The maximum Gasteiger partial charge on any atom is 0.291 e. The van der Waals surface area contributed by atoms with Crippen LogP contribution in [0.25, 0.3) is 0 Å². The summed E-state index contributed by atoms with van der Waals surface area (Å²) in [6.07, 6.45) is 2.18. The van der Waals surface area contributed by atoms with Gasteiger partial charge in [0.2, 0.25) is 5.82 Å². The summed E-state index contributed by atoms with van der Waals surface area (Å²) in [5.41, 5.74) is 0. The minimum atomic E-state index is -0.271. The van der Waals surface area contributed by atoms with Crippen LogP contribution in [0.3, 0.4) is 0 Å². The Balaban J connectivity index is 1.50. The Morgan fingerprint density at radius 2 is 2.33 bits per heavy atom. The molecule has 0 radical (unpaired) electrons. The molecular formula is C11H16N4O3. The number of carbonyl (C=O) groups excluding carboxylic acids is 1. The molecule has 98 valence electrons. The van der Waals surface area contributed by atoms with Gasteiger partial charge in [-0.1, -0.05) is 0 Å². The van der Waals surface area contributed by atoms with E-state index in [4.69, 9.17) is 9.47 Å². The third-order valence-corrected chi connectivity index (χ3v) is 3.05. The minimum Gasteiger partial charge on any atom is -0.376 e. The van der Waals surface area contributed by atoms with E-state index in [0.29, 0.717) is 32.3 Å². The molecule has 1 atom stereocenters. The monoisotopic (exact) mass is 252 g/mol. The molecule has 1 saturated heterocycles. The van der Waals surface area contributed by atoms with E-state index >= 15 is 0 Å². The van der Waals surface area contributed by atoms with E-state index in [1.54, 1.807) is 0 Å². The molecule has 3 rings (SSSR count). The maximum atomic E-state index is 11.8. The van der Waals surface area contributed by atoms with Crippen molar-refractivity contribution in [2.45, 2.75) is 24.9 Å². The van der Waals surface area contributed by atoms with Gasteiger partial charge < -0.3 is 14.8 Å². The van der Waals surface area contributed by atoms with Crippen LogP contribution in [-0.2, 0) is 9.47 Å². The summed E-state index contributed by atoms with van der Waals surface area (Å²) in [6.45, 7) is 2.14. The molecule has 1 unspecified atom stereocenters. The van der Waals surface area contributed by atoms with Gasteiger partial charge in [-0.05, 0) is 12.8 Å². The van der Waals surface area contributed by atoms with Crippen LogP contribution in [0.1, 0.15) is 35.2 Å². The Morgan fingerprint density at radius 3 is 3.06 bits per heavy atom. The molecule has 7 nitrogen and oxygen atoms in total. The number of nitrogens with zero attached hydrogens (tertiary/aromatic N) is 2. The summed E-state index contributed by atoms with van der Waals surface area (Å²) < 4.78 is 10.7. The third kappa shape index (κ3) is 2.68. The molecule has 2 aliphatic rings. The number of hydrogen-bond acceptors (Lipinski definition) is 5. The smallest absolute Gasteiger partial charge is 0.291 e. The number of nitrogens with one attached hydrogen (secondary N) is 2. The van der Waals surface area contributed by atoms with E-state index in [1.165, 1.54) is 0 Å². The fraction of sp³-hybridized carbons (Fsp3) is 0.727. The van der Waals surface area contributed by atoms with Crippen LogP contribution in [-0.4, -0.2) is 53.6 Å². The van der Waals surface area contributed by atoms with E-state index in [0.717, 1.165) is 18.7 Å². The summed E-state index contributed by atoms with van der Waals surface area (Å²) in [4.78, 5) is 16.0. The average Bonchev–Trinajstić information content (AvgIpc) is 3.15. The second-order valence-electron chi connectivity index (χ2n) is 4.60. The zero-order valence-electron chi connectivity index (χ0n) is 10.0. The molecule has 1 saturated carbocycles. The van der Waals surface area contributed by atoms with Gasteiger partial charge in [0.15, 0.2) is 0 Å². The number of ether oxygens (including phenoxy) is 2. The fourth-order valence-electron chi connectivity index (χ4n) is 1.86. The largest absolute Gasteiger partial charge is 0.376 e. The van der Waals surface area contributed by atoms with Gasteiger partial charge in [0, 0.05) is 12.5 Å². The number of aromatic amines is 1. The van der Waals surface area contributed by atoms with Crippen LogP contribution in [0.5, 0.6) is 0 Å². The summed E-state index contributed by atoms with van der Waals surface area (Å²) in [7, 11) is 0. The Kier molecular flexibility index (Phi) is 3.24. The van der Waals surface area contributed by atoms with Gasteiger partial charge in [-0.15, -0.1) is 5.10 Å². The molecule has 2 fully saturated rings. The fourth-order valence-corrected chi connectivity index (χ4v) is 1.86. The van der Waals surface area contributed by atoms with Crippen molar-refractivity contribution in [1.29, 1.82) is 0 Å². The second-order valence-corrected chi connectivity index (χ2v) is 4.60. The van der Waals surface area contributed by atoms with Crippen molar-refractivity contribution in [1.82, 2.24) is 20.5 Å². The molecule has 1 aliphatic carbocycles. The Hall–Kier alpha value is -1.47. The van der Waals surface area contributed by atoms with Crippen LogP contribution in [0.4, 0.5) is 0 Å². The van der Waals surface area contributed by atoms with Gasteiger partial charge in [0.25, 0.3) is 5.91 Å². The zero-order valence-corrected chi connectivity index (χ0v) is 10.0. The molecule has 2 heterocycles. The van der Waals surface area contributed by atoms with E-state index in [2.05, 4.69) is 20.5 Å². The Bertz CT molecular complexity index is 424. The van der Waals surface area contributed by atoms with E-state index in [9.17, 15) is 4.79 Å². The summed E-state index contributed by atoms with van der Waals surface area (Å²) in [5, 5.41) is 9.48. The first-order valence-corrected chi connectivity index (χ1v) is 6.23. The SMILES string of the molecule is O=C(NCC1COCCO1)c1n[nH]c(C2CC2)n1. The lowest BCUT2D eigenvalue weighted by molar-refractivity contribution is -0.0855. The van der Waals surface area contributed by atoms with Crippen molar-refractivity contribution in [3.63, 3.8) is 0 Å². The van der Waals surface area contributed by atoms with Crippen LogP contribution in [0.15, 0.2) is 0 Å². The number of H-pyrrole nitrogens is 1. The maximum absolute atomic E-state index is 11.8. The van der Waals surface area contributed by atoms with E-state index in [1.807, 2.05) is 0 Å². The highest BCUT2D eigenvalue weighted by molar-refractivity contribution is 5.90. The first-order valence-electron chi connectivity index (χ1n) is 6.23. The van der Waals surface area contributed by atoms with Crippen molar-refractivity contribution in [2.24, 2.45) is 0 Å². The van der Waals surface area contributed by atoms with Crippen LogP contribution >= 0.6 is 0 Å². The highest BCUT2D eigenvalue weighted by atomic mass is 16.6. The van der Waals surface area contributed by atoms with Crippen molar-refractivity contribution in [3.8, 4) is 0 Å². The van der Waals surface area contributed by atoms with Crippen LogP contribution in [0.2, 0.25) is 0 Å². The van der Waals surface area contributed by atoms with Gasteiger partial charge in [0.1, 0.15) is 5.82 Å². The molecule has 7 heteroatoms. The summed E-state index contributed by atoms with van der Waals surface area (Å²) in [6, 6.07) is 0. The average molecular weight is 252 g/mol. The zero-order chi connectivity index (χ0) is 12.4. The quantitative estimate of drug-likeness (QED) is 0.776. The van der Waals surface area contributed by atoms with E-state index in [-0.39, 0.29) is 17.8 Å². The number of aromatic nitrogens is 3. The predicted octanol–water partition coefficient (Wildman–Crippen LogP) is -0.173. The lowest BCUT2D eigenvalue weighted by atomic mass is 10.3. The normalized spacial score (nSPS) is 23.9. The lowest BCUT2D eigenvalue weighted by Crippen LogP contribution is -2.40. The molecular weight excluding hydrogens is 236 g/mol. The molecule has 0 spiro atoms. The number of amides is 1. The van der Waals surface area contributed by atoms with Crippen molar-refractivity contribution in [3.05, 3.63) is 11.6 Å². The highest BCUT2D eigenvalue weighted by Crippen LogP contribution is 2.37. The predicted molar refractivity (Wildman–Crippen MR) is 61.2 cm³/mol. The topological polar surface area (TPSA) is 89.1 Å². The van der Waals surface area contributed by atoms with Gasteiger partial charge in [-0.2, -0.15) is 0 Å². The van der Waals surface area contributed by atoms with Crippen molar-refractivity contribution < 1.29 is 14.3 Å². The second kappa shape index (κ2) is 5.03. The Labute approximate surface area is 104 Å². The number of hydrogen-bond donors (Lipinski definition) is 2. The van der Waals surface area contributed by atoms with Gasteiger partial charge in [-0.25, -0.2) is 4.98 Å². The molecule has 1 aromatic heterocycles. The standard InChI is InChI=1S/C11H16N4O3/c16-11(12-5-8-6-17-3-4-18-8)10-13-9(14-15-10)7-1-2-7/h7-8H,1-6H2,(H,12,16)(H,13,14,15). The summed E-state index contributed by atoms with van der Waals surface area (Å²) >= 11 is 0. The van der Waals surface area contributed by atoms with Gasteiger partial charge in [-0.3, -0.25) is 9.89 Å². The Morgan fingerprint density at radius 1 is 1.44 bits per heavy atom. The van der Waals surface area contributed by atoms with Crippen molar-refractivity contribution in [2.75, 3.05) is 26.4 Å². The van der Waals surface area contributed by atoms with Crippen LogP contribution in [0, 0.1) is 0 Å². The molecule has 1 aliphatic heterocycles. The molecule has 0 aromatic carbocycles. The first-order chi connectivity index (χ1) is 8.83. The number of rotatable bonds is 4. The first kappa shape index (κ1) is 11.6. The van der Waals surface area contributed by atoms with E-state index < -0.39 is 0 Å².